The Balaban J connectivity index is 1.88. The summed E-state index contributed by atoms with van der Waals surface area (Å²) in [6, 6.07) is 9.77. The fourth-order valence-corrected chi connectivity index (χ4v) is 6.53. The zero-order valence-corrected chi connectivity index (χ0v) is 20.7. The molecule has 0 aliphatic carbocycles. The Kier molecular flexibility index (Phi) is 8.20. The van der Waals surface area contributed by atoms with Crippen LogP contribution in [0.1, 0.15) is 13.3 Å². The number of rotatable bonds is 8. The van der Waals surface area contributed by atoms with Gasteiger partial charge >= 0.3 is 5.97 Å². The van der Waals surface area contributed by atoms with Gasteiger partial charge in [0.25, 0.3) is 0 Å². The molecule has 8 nitrogen and oxygen atoms in total. The molecule has 0 amide bonds. The van der Waals surface area contributed by atoms with Crippen LogP contribution in [0.15, 0.2) is 70.5 Å². The van der Waals surface area contributed by atoms with E-state index < -0.39 is 38.1 Å². The van der Waals surface area contributed by atoms with Crippen molar-refractivity contribution in [2.45, 2.75) is 35.2 Å². The predicted molar refractivity (Wildman–Crippen MR) is 125 cm³/mol. The Morgan fingerprint density at radius 2 is 1.58 bits per heavy atom. The first kappa shape index (κ1) is 25.7. The van der Waals surface area contributed by atoms with Crippen molar-refractivity contribution in [3.8, 4) is 0 Å². The van der Waals surface area contributed by atoms with Crippen molar-refractivity contribution in [2.75, 3.05) is 13.2 Å². The lowest BCUT2D eigenvalue weighted by Crippen LogP contribution is -2.39. The van der Waals surface area contributed by atoms with Crippen LogP contribution in [-0.2, 0) is 29.6 Å². The van der Waals surface area contributed by atoms with E-state index in [1.165, 1.54) is 54.6 Å². The largest absolute Gasteiger partial charge is 0.463 e. The van der Waals surface area contributed by atoms with Gasteiger partial charge in [0, 0.05) is 34.7 Å². The van der Waals surface area contributed by atoms with Gasteiger partial charge in [0.2, 0.25) is 20.0 Å². The molecular formula is C21H22Cl2N2O6S2. The van der Waals surface area contributed by atoms with Gasteiger partial charge in [-0.3, -0.25) is 0 Å². The van der Waals surface area contributed by atoms with Gasteiger partial charge in [-0.25, -0.2) is 26.4 Å². The molecule has 1 saturated heterocycles. The summed E-state index contributed by atoms with van der Waals surface area (Å²) in [6.45, 7) is 1.69. The second-order valence-electron chi connectivity index (χ2n) is 7.21. The lowest BCUT2D eigenvalue weighted by Gasteiger charge is -2.21. The first-order valence-electron chi connectivity index (χ1n) is 9.93. The average molecular weight is 533 g/mol. The molecule has 178 valence electrons. The van der Waals surface area contributed by atoms with Crippen molar-refractivity contribution >= 4 is 49.2 Å². The van der Waals surface area contributed by atoms with Crippen LogP contribution in [0.2, 0.25) is 10.0 Å². The normalized spacial score (nSPS) is 19.7. The molecule has 2 aromatic carbocycles. The van der Waals surface area contributed by atoms with Crippen LogP contribution < -0.4 is 4.72 Å². The van der Waals surface area contributed by atoms with Crippen LogP contribution >= 0.6 is 23.2 Å². The number of carbonyl (C=O) groups is 1. The number of hydrogen-bond acceptors (Lipinski definition) is 6. The van der Waals surface area contributed by atoms with E-state index in [4.69, 9.17) is 27.9 Å². The van der Waals surface area contributed by atoms with Gasteiger partial charge in [0.05, 0.1) is 16.4 Å². The molecule has 1 aliphatic heterocycles. The maximum absolute atomic E-state index is 13.3. The number of ether oxygens (including phenoxy) is 1. The molecule has 33 heavy (non-hydrogen) atoms. The summed E-state index contributed by atoms with van der Waals surface area (Å²) >= 11 is 11.7. The van der Waals surface area contributed by atoms with E-state index in [1.54, 1.807) is 6.92 Å². The Morgan fingerprint density at radius 3 is 2.12 bits per heavy atom. The molecule has 12 heteroatoms. The summed E-state index contributed by atoms with van der Waals surface area (Å²) in [5.41, 5.74) is 0. The van der Waals surface area contributed by atoms with Crippen molar-refractivity contribution in [3.63, 3.8) is 0 Å². The summed E-state index contributed by atoms with van der Waals surface area (Å²) < 4.78 is 60.7. The number of benzene rings is 2. The van der Waals surface area contributed by atoms with E-state index in [2.05, 4.69) is 4.72 Å². The van der Waals surface area contributed by atoms with Crippen LogP contribution in [0, 0.1) is 0 Å². The van der Waals surface area contributed by atoms with E-state index in [-0.39, 0.29) is 29.4 Å². The Morgan fingerprint density at radius 1 is 1.03 bits per heavy atom. The summed E-state index contributed by atoms with van der Waals surface area (Å²) in [7, 11) is -7.93. The van der Waals surface area contributed by atoms with Crippen molar-refractivity contribution in [1.29, 1.82) is 0 Å². The van der Waals surface area contributed by atoms with Crippen LogP contribution in [0.5, 0.6) is 0 Å². The topological polar surface area (TPSA) is 110 Å². The minimum absolute atomic E-state index is 0.00245. The van der Waals surface area contributed by atoms with Gasteiger partial charge in [-0.15, -0.1) is 0 Å². The zero-order chi connectivity index (χ0) is 24.2. The van der Waals surface area contributed by atoms with Crippen molar-refractivity contribution in [3.05, 3.63) is 70.7 Å². The molecule has 2 aromatic rings. The van der Waals surface area contributed by atoms with E-state index in [0.717, 1.165) is 10.4 Å². The second-order valence-corrected chi connectivity index (χ2v) is 11.7. The van der Waals surface area contributed by atoms with Crippen LogP contribution in [0.3, 0.4) is 0 Å². The van der Waals surface area contributed by atoms with E-state index in [1.807, 2.05) is 0 Å². The molecule has 2 atom stereocenters. The Labute approximate surface area is 203 Å². The molecule has 3 rings (SSSR count). The first-order chi connectivity index (χ1) is 15.5. The number of nitrogens with zero attached hydrogens (tertiary/aromatic N) is 1. The SMILES string of the molecule is CCOC(=O)/C=C/[C@@H]1C[C@@H](NS(=O)(=O)c2ccc(Cl)cc2)CN1S(=O)(=O)c1ccc(Cl)cc1. The standard InChI is InChI=1S/C21H22Cl2N2O6S2/c1-2-31-21(26)12-7-18-13-17(24-32(27,28)19-8-3-15(22)4-9-19)14-25(18)33(29,30)20-10-5-16(23)6-11-20/h3-12,17-18,24H,2,13-14H2,1H3/b12-7+/t17-,18-/m1/s1. The van der Waals surface area contributed by atoms with Crippen molar-refractivity contribution < 1.29 is 26.4 Å². The molecule has 1 N–H and O–H groups in total. The minimum Gasteiger partial charge on any atom is -0.463 e. The maximum Gasteiger partial charge on any atom is 0.330 e. The molecule has 0 radical (unpaired) electrons. The van der Waals surface area contributed by atoms with Gasteiger partial charge in [-0.2, -0.15) is 4.31 Å². The highest BCUT2D eigenvalue weighted by Gasteiger charge is 2.40. The van der Waals surface area contributed by atoms with Crippen molar-refractivity contribution in [2.24, 2.45) is 0 Å². The van der Waals surface area contributed by atoms with E-state index in [9.17, 15) is 21.6 Å². The molecule has 1 heterocycles. The zero-order valence-electron chi connectivity index (χ0n) is 17.5. The minimum atomic E-state index is -4.00. The number of nitrogens with one attached hydrogen (secondary N) is 1. The molecule has 0 aromatic heterocycles. The molecule has 0 bridgehead atoms. The summed E-state index contributed by atoms with van der Waals surface area (Å²) in [5.74, 6) is -0.619. The summed E-state index contributed by atoms with van der Waals surface area (Å²) in [5, 5.41) is 0.766. The molecule has 1 fully saturated rings. The second kappa shape index (κ2) is 10.5. The van der Waals surface area contributed by atoms with Crippen LogP contribution in [0.25, 0.3) is 0 Å². The van der Waals surface area contributed by atoms with E-state index >= 15 is 0 Å². The fraction of sp³-hybridized carbons (Fsp3) is 0.286. The number of esters is 1. The Bertz CT molecular complexity index is 1230. The smallest absolute Gasteiger partial charge is 0.330 e. The van der Waals surface area contributed by atoms with Crippen LogP contribution in [-0.4, -0.2) is 52.3 Å². The highest BCUT2D eigenvalue weighted by molar-refractivity contribution is 7.89. The molecule has 0 spiro atoms. The van der Waals surface area contributed by atoms with Gasteiger partial charge in [-0.1, -0.05) is 29.3 Å². The van der Waals surface area contributed by atoms with Gasteiger partial charge in [-0.05, 0) is 61.9 Å². The van der Waals surface area contributed by atoms with Crippen LogP contribution in [0.4, 0.5) is 0 Å². The van der Waals surface area contributed by atoms with E-state index in [0.29, 0.717) is 10.0 Å². The third-order valence-corrected chi connectivity index (χ3v) is 8.85. The summed E-state index contributed by atoms with van der Waals surface area (Å²) in [4.78, 5) is 11.8. The highest BCUT2D eigenvalue weighted by atomic mass is 35.5. The molecular weight excluding hydrogens is 511 g/mol. The number of hydrogen-bond donors (Lipinski definition) is 1. The number of sulfonamides is 2. The lowest BCUT2D eigenvalue weighted by atomic mass is 10.2. The molecule has 1 aliphatic rings. The highest BCUT2D eigenvalue weighted by Crippen LogP contribution is 2.29. The van der Waals surface area contributed by atoms with Gasteiger partial charge in [0.1, 0.15) is 0 Å². The quantitative estimate of drug-likeness (QED) is 0.412. The maximum atomic E-state index is 13.3. The third kappa shape index (κ3) is 6.34. The van der Waals surface area contributed by atoms with Crippen molar-refractivity contribution in [1.82, 2.24) is 9.03 Å². The van der Waals surface area contributed by atoms with Gasteiger partial charge < -0.3 is 4.74 Å². The Hall–Kier alpha value is -1.95. The number of carbonyl (C=O) groups excluding carboxylic acids is 1. The third-order valence-electron chi connectivity index (χ3n) is 4.90. The average Bonchev–Trinajstić information content (AvgIpc) is 3.16. The first-order valence-corrected chi connectivity index (χ1v) is 13.6. The number of halogens is 2. The molecule has 0 saturated carbocycles. The monoisotopic (exact) mass is 532 g/mol. The molecule has 0 unspecified atom stereocenters. The lowest BCUT2D eigenvalue weighted by molar-refractivity contribution is -0.137. The fourth-order valence-electron chi connectivity index (χ4n) is 3.40. The summed E-state index contributed by atoms with van der Waals surface area (Å²) in [6.07, 6.45) is 2.67. The predicted octanol–water partition coefficient (Wildman–Crippen LogP) is 3.22. The van der Waals surface area contributed by atoms with Gasteiger partial charge in [0.15, 0.2) is 0 Å².